The van der Waals surface area contributed by atoms with Gasteiger partial charge < -0.3 is 4.42 Å². The minimum atomic E-state index is -4.44. The van der Waals surface area contributed by atoms with Gasteiger partial charge in [0.2, 0.25) is 0 Å². The van der Waals surface area contributed by atoms with Crippen molar-refractivity contribution in [3.05, 3.63) is 82.0 Å². The molecule has 0 atom stereocenters. The normalized spacial score (nSPS) is 15.9. The maximum atomic E-state index is 13.0. The van der Waals surface area contributed by atoms with E-state index in [1.165, 1.54) is 17.0 Å². The Balaban J connectivity index is 1.61. The lowest BCUT2D eigenvalue weighted by Gasteiger charge is -2.17. The smallest absolute Gasteiger partial charge is 0.416 e. The number of benzene rings is 2. The molecular formula is C23H16F3NO2S2. The predicted molar refractivity (Wildman–Crippen MR) is 121 cm³/mol. The van der Waals surface area contributed by atoms with Crippen LogP contribution in [0.1, 0.15) is 22.5 Å². The summed E-state index contributed by atoms with van der Waals surface area (Å²) in [6.45, 7) is 3.89. The number of thiocarbonyl (C=S) groups is 1. The molecule has 0 unspecified atom stereocenters. The zero-order valence-corrected chi connectivity index (χ0v) is 18.1. The van der Waals surface area contributed by atoms with Crippen molar-refractivity contribution >= 4 is 46.0 Å². The highest BCUT2D eigenvalue weighted by molar-refractivity contribution is 8.27. The summed E-state index contributed by atoms with van der Waals surface area (Å²) in [5, 5.41) is 0. The zero-order chi connectivity index (χ0) is 22.3. The molecular weight excluding hydrogens is 443 g/mol. The fourth-order valence-electron chi connectivity index (χ4n) is 3.30. The van der Waals surface area contributed by atoms with Crippen molar-refractivity contribution in [1.82, 2.24) is 0 Å². The number of amides is 1. The predicted octanol–water partition coefficient (Wildman–Crippen LogP) is 6.99. The van der Waals surface area contributed by atoms with Crippen molar-refractivity contribution in [2.75, 3.05) is 4.90 Å². The van der Waals surface area contributed by atoms with Gasteiger partial charge >= 0.3 is 6.18 Å². The van der Waals surface area contributed by atoms with Crippen LogP contribution >= 0.6 is 24.0 Å². The summed E-state index contributed by atoms with van der Waals surface area (Å²) in [5.41, 5.74) is 2.29. The maximum Gasteiger partial charge on any atom is 0.416 e. The second-order valence-corrected chi connectivity index (χ2v) is 8.76. The van der Waals surface area contributed by atoms with Crippen LogP contribution in [-0.2, 0) is 11.0 Å². The Morgan fingerprint density at radius 1 is 1.06 bits per heavy atom. The van der Waals surface area contributed by atoms with Crippen molar-refractivity contribution in [2.24, 2.45) is 0 Å². The van der Waals surface area contributed by atoms with Gasteiger partial charge in [-0.05, 0) is 49.7 Å². The number of thioether (sulfide) groups is 1. The van der Waals surface area contributed by atoms with Crippen LogP contribution in [0.5, 0.6) is 0 Å². The van der Waals surface area contributed by atoms with Crippen LogP contribution in [0.15, 0.2) is 63.9 Å². The van der Waals surface area contributed by atoms with Gasteiger partial charge in [-0.2, -0.15) is 13.2 Å². The largest absolute Gasteiger partial charge is 0.457 e. The van der Waals surface area contributed by atoms with Crippen LogP contribution < -0.4 is 4.90 Å². The third-order valence-corrected chi connectivity index (χ3v) is 6.06. The van der Waals surface area contributed by atoms with Crippen LogP contribution in [0.25, 0.3) is 17.4 Å². The molecule has 0 bridgehead atoms. The molecule has 1 aliphatic rings. The zero-order valence-electron chi connectivity index (χ0n) is 16.5. The average molecular weight is 460 g/mol. The number of hydrogen-bond donors (Lipinski definition) is 0. The molecule has 1 aromatic heterocycles. The Morgan fingerprint density at radius 2 is 1.84 bits per heavy atom. The summed E-state index contributed by atoms with van der Waals surface area (Å²) < 4.78 is 45.0. The molecule has 1 saturated heterocycles. The molecule has 0 spiro atoms. The highest BCUT2D eigenvalue weighted by Gasteiger charge is 2.34. The summed E-state index contributed by atoms with van der Waals surface area (Å²) in [6, 6.07) is 13.8. The molecule has 158 valence electrons. The van der Waals surface area contributed by atoms with Gasteiger partial charge in [-0.1, -0.05) is 53.8 Å². The number of carbonyl (C=O) groups is 1. The number of rotatable bonds is 3. The first-order chi connectivity index (χ1) is 14.6. The number of aryl methyl sites for hydroxylation is 2. The third-order valence-electron chi connectivity index (χ3n) is 4.76. The number of furan rings is 1. The Hall–Kier alpha value is -2.84. The number of carbonyl (C=O) groups excluding carboxylic acids is 1. The highest BCUT2D eigenvalue weighted by atomic mass is 32.2. The van der Waals surface area contributed by atoms with E-state index in [2.05, 4.69) is 0 Å². The molecule has 0 radical (unpaired) electrons. The van der Waals surface area contributed by atoms with E-state index in [0.29, 0.717) is 20.5 Å². The average Bonchev–Trinajstić information content (AvgIpc) is 3.27. The molecule has 1 fully saturated rings. The Kier molecular flexibility index (Phi) is 5.53. The van der Waals surface area contributed by atoms with E-state index in [-0.39, 0.29) is 11.7 Å². The molecule has 0 N–H and O–H groups in total. The molecule has 3 aromatic rings. The standard InChI is InChI=1S/C23H16F3NO2S2/c1-13-6-8-18(14(2)10-13)27-21(28)20(31-22(27)30)12-17-7-9-19(29-17)15-4-3-5-16(11-15)23(24,25)26/h3-12H,1-2H3/b20-12-. The SMILES string of the molecule is Cc1ccc(N2C(=O)/C(=C/c3ccc(-c4cccc(C(F)(F)F)c4)o3)SC2=S)c(C)c1. The Morgan fingerprint density at radius 3 is 2.55 bits per heavy atom. The quantitative estimate of drug-likeness (QED) is 0.312. The van der Waals surface area contributed by atoms with Gasteiger partial charge in [-0.25, -0.2) is 0 Å². The topological polar surface area (TPSA) is 33.5 Å². The summed E-state index contributed by atoms with van der Waals surface area (Å²) in [5.74, 6) is 0.370. The number of alkyl halides is 3. The number of halogens is 3. The lowest BCUT2D eigenvalue weighted by Crippen LogP contribution is -2.28. The second kappa shape index (κ2) is 8.01. The monoisotopic (exact) mass is 459 g/mol. The van der Waals surface area contributed by atoms with Gasteiger partial charge in [0.25, 0.3) is 5.91 Å². The maximum absolute atomic E-state index is 13.0. The molecule has 0 saturated carbocycles. The van der Waals surface area contributed by atoms with E-state index in [4.69, 9.17) is 16.6 Å². The van der Waals surface area contributed by atoms with E-state index in [1.54, 1.807) is 18.2 Å². The van der Waals surface area contributed by atoms with E-state index in [1.807, 2.05) is 32.0 Å². The molecule has 2 heterocycles. The lowest BCUT2D eigenvalue weighted by molar-refractivity contribution is -0.137. The minimum Gasteiger partial charge on any atom is -0.457 e. The van der Waals surface area contributed by atoms with Crippen LogP contribution in [0, 0.1) is 13.8 Å². The van der Waals surface area contributed by atoms with E-state index in [9.17, 15) is 18.0 Å². The molecule has 4 rings (SSSR count). The van der Waals surface area contributed by atoms with Gasteiger partial charge in [0.15, 0.2) is 4.32 Å². The first kappa shape index (κ1) is 21.4. The van der Waals surface area contributed by atoms with Gasteiger partial charge in [0.1, 0.15) is 11.5 Å². The van der Waals surface area contributed by atoms with Crippen molar-refractivity contribution in [1.29, 1.82) is 0 Å². The number of hydrogen-bond acceptors (Lipinski definition) is 4. The summed E-state index contributed by atoms with van der Waals surface area (Å²) in [7, 11) is 0. The van der Waals surface area contributed by atoms with Crippen LogP contribution in [0.2, 0.25) is 0 Å². The highest BCUT2D eigenvalue weighted by Crippen LogP contribution is 2.38. The first-order valence-corrected chi connectivity index (χ1v) is 10.5. The second-order valence-electron chi connectivity index (χ2n) is 7.09. The fraction of sp³-hybridized carbons (Fsp3) is 0.130. The summed E-state index contributed by atoms with van der Waals surface area (Å²) in [4.78, 5) is 14.8. The van der Waals surface area contributed by atoms with Gasteiger partial charge in [0.05, 0.1) is 16.2 Å². The molecule has 2 aromatic carbocycles. The summed E-state index contributed by atoms with van der Waals surface area (Å²) in [6.07, 6.45) is -2.88. The molecule has 31 heavy (non-hydrogen) atoms. The van der Waals surface area contributed by atoms with Crippen molar-refractivity contribution in [2.45, 2.75) is 20.0 Å². The van der Waals surface area contributed by atoms with Crippen molar-refractivity contribution in [3.8, 4) is 11.3 Å². The third kappa shape index (κ3) is 4.31. The Labute approximate surface area is 186 Å². The van der Waals surface area contributed by atoms with Gasteiger partial charge in [-0.15, -0.1) is 0 Å². The minimum absolute atomic E-state index is 0.265. The fourth-order valence-corrected chi connectivity index (χ4v) is 4.56. The molecule has 3 nitrogen and oxygen atoms in total. The molecule has 1 aliphatic heterocycles. The van der Waals surface area contributed by atoms with Crippen LogP contribution in [-0.4, -0.2) is 10.2 Å². The van der Waals surface area contributed by atoms with Gasteiger partial charge in [0, 0.05) is 11.6 Å². The first-order valence-electron chi connectivity index (χ1n) is 9.26. The van der Waals surface area contributed by atoms with Crippen LogP contribution in [0.4, 0.5) is 18.9 Å². The van der Waals surface area contributed by atoms with Crippen molar-refractivity contribution < 1.29 is 22.4 Å². The van der Waals surface area contributed by atoms with E-state index in [0.717, 1.165) is 40.7 Å². The lowest BCUT2D eigenvalue weighted by atomic mass is 10.1. The van der Waals surface area contributed by atoms with Crippen molar-refractivity contribution in [3.63, 3.8) is 0 Å². The van der Waals surface area contributed by atoms with Gasteiger partial charge in [-0.3, -0.25) is 9.69 Å². The summed E-state index contributed by atoms with van der Waals surface area (Å²) >= 11 is 6.56. The molecule has 8 heteroatoms. The number of nitrogens with zero attached hydrogens (tertiary/aromatic N) is 1. The number of anilines is 1. The van der Waals surface area contributed by atoms with Crippen LogP contribution in [0.3, 0.4) is 0 Å². The Bertz CT molecular complexity index is 1230. The van der Waals surface area contributed by atoms with E-state index >= 15 is 0 Å². The van der Waals surface area contributed by atoms with E-state index < -0.39 is 11.7 Å². The molecule has 1 amide bonds. The molecule has 0 aliphatic carbocycles.